The molecule has 1 saturated heterocycles. The normalized spacial score (nSPS) is 19.9. The number of piperidine rings is 1. The van der Waals surface area contributed by atoms with Gasteiger partial charge in [-0.1, -0.05) is 18.2 Å². The van der Waals surface area contributed by atoms with Gasteiger partial charge < -0.3 is 11.1 Å². The first-order valence-electron chi connectivity index (χ1n) is 7.27. The Morgan fingerprint density at radius 2 is 2.09 bits per heavy atom. The number of primary amides is 1. The Morgan fingerprint density at radius 3 is 2.77 bits per heavy atom. The smallest absolute Gasteiger partial charge is 0.352 e. The van der Waals surface area contributed by atoms with E-state index in [1.165, 1.54) is 12.1 Å². The van der Waals surface area contributed by atoms with Gasteiger partial charge in [0.1, 0.15) is 0 Å². The molecule has 1 atom stereocenters. The summed E-state index contributed by atoms with van der Waals surface area (Å²) in [7, 11) is 0. The quantitative estimate of drug-likeness (QED) is 0.897. The van der Waals surface area contributed by atoms with Crippen molar-refractivity contribution in [3.63, 3.8) is 0 Å². The Hall–Kier alpha value is -1.76. The molecule has 1 heterocycles. The lowest BCUT2D eigenvalue weighted by atomic mass is 9.97. The molecule has 1 fully saturated rings. The first-order chi connectivity index (χ1) is 10.4. The Bertz CT molecular complexity index is 519. The third-order valence-electron chi connectivity index (χ3n) is 3.88. The zero-order valence-corrected chi connectivity index (χ0v) is 12.2. The average molecular weight is 315 g/mol. The summed E-state index contributed by atoms with van der Waals surface area (Å²) in [4.78, 5) is 12.7. The van der Waals surface area contributed by atoms with Gasteiger partial charge >= 0.3 is 12.2 Å². The van der Waals surface area contributed by atoms with Crippen LogP contribution in [0.2, 0.25) is 0 Å². The molecule has 1 aliphatic heterocycles. The maximum absolute atomic E-state index is 13.0. The summed E-state index contributed by atoms with van der Waals surface area (Å²) in [6, 6.07) is 5.10. The van der Waals surface area contributed by atoms with Gasteiger partial charge in [-0.05, 0) is 36.9 Å². The highest BCUT2D eigenvalue weighted by atomic mass is 19.4. The fourth-order valence-corrected chi connectivity index (χ4v) is 2.88. The lowest BCUT2D eigenvalue weighted by Gasteiger charge is -2.33. The van der Waals surface area contributed by atoms with E-state index in [2.05, 4.69) is 5.32 Å². The van der Waals surface area contributed by atoms with E-state index in [1.807, 2.05) is 4.90 Å². The second kappa shape index (κ2) is 7.00. The minimum Gasteiger partial charge on any atom is -0.352 e. The lowest BCUT2D eigenvalue weighted by molar-refractivity contribution is -0.138. The largest absolute Gasteiger partial charge is 0.416 e. The number of benzene rings is 1. The number of nitrogens with two attached hydrogens (primary N) is 1. The fourth-order valence-electron chi connectivity index (χ4n) is 2.88. The number of carbonyl (C=O) groups is 1. The van der Waals surface area contributed by atoms with Crippen LogP contribution in [0, 0.1) is 5.92 Å². The summed E-state index contributed by atoms with van der Waals surface area (Å²) >= 11 is 0. The monoisotopic (exact) mass is 315 g/mol. The highest BCUT2D eigenvalue weighted by molar-refractivity contribution is 5.71. The topological polar surface area (TPSA) is 58.4 Å². The van der Waals surface area contributed by atoms with Crippen molar-refractivity contribution in [1.29, 1.82) is 0 Å². The van der Waals surface area contributed by atoms with Crippen molar-refractivity contribution in [2.24, 2.45) is 11.7 Å². The van der Waals surface area contributed by atoms with Crippen molar-refractivity contribution in [2.45, 2.75) is 25.6 Å². The number of urea groups is 1. The molecule has 22 heavy (non-hydrogen) atoms. The molecule has 2 amide bonds. The number of halogens is 3. The summed E-state index contributed by atoms with van der Waals surface area (Å²) in [5, 5.41) is 2.57. The number of hydrogen-bond donors (Lipinski definition) is 2. The summed E-state index contributed by atoms with van der Waals surface area (Å²) in [5.41, 5.74) is 4.76. The number of carbonyl (C=O) groups excluding carboxylic acids is 1. The second-order valence-corrected chi connectivity index (χ2v) is 5.64. The molecule has 4 nitrogen and oxygen atoms in total. The van der Waals surface area contributed by atoms with Gasteiger partial charge in [-0.15, -0.1) is 0 Å². The van der Waals surface area contributed by atoms with Crippen molar-refractivity contribution < 1.29 is 18.0 Å². The standard InChI is InChI=1S/C15H20F3N3O/c16-15(17,18)13-6-2-1-5-12(13)10-21-7-3-4-11(9-21)8-20-14(19)22/h1-2,5-6,11H,3-4,7-10H2,(H3,19,20,22). The molecule has 1 aromatic carbocycles. The molecule has 1 aliphatic rings. The molecule has 0 radical (unpaired) electrons. The minimum atomic E-state index is -4.33. The van der Waals surface area contributed by atoms with Gasteiger partial charge in [0, 0.05) is 19.6 Å². The van der Waals surface area contributed by atoms with Gasteiger partial charge in [-0.3, -0.25) is 4.90 Å². The molecule has 0 bridgehead atoms. The maximum atomic E-state index is 13.0. The van der Waals surface area contributed by atoms with Gasteiger partial charge in [0.2, 0.25) is 0 Å². The molecule has 7 heteroatoms. The number of amides is 2. The number of nitrogens with zero attached hydrogens (tertiary/aromatic N) is 1. The number of rotatable bonds is 4. The molecule has 0 aromatic heterocycles. The van der Waals surface area contributed by atoms with Crippen LogP contribution >= 0.6 is 0 Å². The van der Waals surface area contributed by atoms with E-state index in [1.54, 1.807) is 6.07 Å². The zero-order valence-electron chi connectivity index (χ0n) is 12.2. The number of hydrogen-bond acceptors (Lipinski definition) is 2. The van der Waals surface area contributed by atoms with E-state index in [9.17, 15) is 18.0 Å². The second-order valence-electron chi connectivity index (χ2n) is 5.64. The number of likely N-dealkylation sites (tertiary alicyclic amines) is 1. The zero-order chi connectivity index (χ0) is 16.2. The molecule has 0 spiro atoms. The Labute approximate surface area is 127 Å². The van der Waals surface area contributed by atoms with Gasteiger partial charge in [0.15, 0.2) is 0 Å². The Kier molecular flexibility index (Phi) is 5.28. The predicted molar refractivity (Wildman–Crippen MR) is 77.0 cm³/mol. The molecular formula is C15H20F3N3O. The first-order valence-corrected chi connectivity index (χ1v) is 7.27. The van der Waals surface area contributed by atoms with E-state index >= 15 is 0 Å². The van der Waals surface area contributed by atoms with Gasteiger partial charge in [-0.2, -0.15) is 13.2 Å². The van der Waals surface area contributed by atoms with E-state index in [0.717, 1.165) is 25.5 Å². The first kappa shape index (κ1) is 16.6. The highest BCUT2D eigenvalue weighted by Gasteiger charge is 2.33. The van der Waals surface area contributed by atoms with Crippen molar-refractivity contribution >= 4 is 6.03 Å². The molecule has 0 saturated carbocycles. The van der Waals surface area contributed by atoms with Gasteiger partial charge in [0.25, 0.3) is 0 Å². The third-order valence-corrected chi connectivity index (χ3v) is 3.88. The number of alkyl halides is 3. The molecule has 3 N–H and O–H groups in total. The molecule has 122 valence electrons. The van der Waals surface area contributed by atoms with Crippen LogP contribution in [-0.4, -0.2) is 30.6 Å². The van der Waals surface area contributed by atoms with Crippen LogP contribution < -0.4 is 11.1 Å². The predicted octanol–water partition coefficient (Wildman–Crippen LogP) is 2.59. The van der Waals surface area contributed by atoms with Crippen LogP contribution in [0.1, 0.15) is 24.0 Å². The molecule has 1 unspecified atom stereocenters. The van der Waals surface area contributed by atoms with Crippen LogP contribution in [0.4, 0.5) is 18.0 Å². The highest BCUT2D eigenvalue weighted by Crippen LogP contribution is 2.32. The Morgan fingerprint density at radius 1 is 1.36 bits per heavy atom. The molecule has 0 aliphatic carbocycles. The van der Waals surface area contributed by atoms with Crippen molar-refractivity contribution in [2.75, 3.05) is 19.6 Å². The Balaban J connectivity index is 2.00. The van der Waals surface area contributed by atoms with Crippen LogP contribution in [-0.2, 0) is 12.7 Å². The van der Waals surface area contributed by atoms with Crippen LogP contribution in [0.3, 0.4) is 0 Å². The van der Waals surface area contributed by atoms with Crippen LogP contribution in [0.15, 0.2) is 24.3 Å². The molecular weight excluding hydrogens is 295 g/mol. The fraction of sp³-hybridized carbons (Fsp3) is 0.533. The number of nitrogens with one attached hydrogen (secondary N) is 1. The third kappa shape index (κ3) is 4.62. The summed E-state index contributed by atoms with van der Waals surface area (Å²) in [6.45, 7) is 2.15. The van der Waals surface area contributed by atoms with Gasteiger partial charge in [-0.25, -0.2) is 4.79 Å². The lowest BCUT2D eigenvalue weighted by Crippen LogP contribution is -2.42. The van der Waals surface area contributed by atoms with E-state index < -0.39 is 17.8 Å². The molecule has 1 aromatic rings. The summed E-state index contributed by atoms with van der Waals surface area (Å²) in [5.74, 6) is 0.222. The van der Waals surface area contributed by atoms with E-state index in [4.69, 9.17) is 5.73 Å². The summed E-state index contributed by atoms with van der Waals surface area (Å²) < 4.78 is 39.0. The van der Waals surface area contributed by atoms with Crippen molar-refractivity contribution in [3.8, 4) is 0 Å². The van der Waals surface area contributed by atoms with Crippen LogP contribution in [0.25, 0.3) is 0 Å². The minimum absolute atomic E-state index is 0.222. The SMILES string of the molecule is NC(=O)NCC1CCCN(Cc2ccccc2C(F)(F)F)C1. The van der Waals surface area contributed by atoms with E-state index in [0.29, 0.717) is 18.7 Å². The van der Waals surface area contributed by atoms with Crippen molar-refractivity contribution in [3.05, 3.63) is 35.4 Å². The molecule has 2 rings (SSSR count). The van der Waals surface area contributed by atoms with Crippen molar-refractivity contribution in [1.82, 2.24) is 10.2 Å². The van der Waals surface area contributed by atoms with Gasteiger partial charge in [0.05, 0.1) is 5.56 Å². The van der Waals surface area contributed by atoms with E-state index in [-0.39, 0.29) is 12.5 Å². The van der Waals surface area contributed by atoms with Crippen LogP contribution in [0.5, 0.6) is 0 Å². The average Bonchev–Trinajstić information content (AvgIpc) is 2.45. The summed E-state index contributed by atoms with van der Waals surface area (Å²) in [6.07, 6.45) is -2.49. The maximum Gasteiger partial charge on any atom is 0.416 e.